The van der Waals surface area contributed by atoms with Gasteiger partial charge in [-0.1, -0.05) is 141 Å². The lowest BCUT2D eigenvalue weighted by Gasteiger charge is -1.99. The van der Waals surface area contributed by atoms with Crippen molar-refractivity contribution in [2.45, 2.75) is 25.3 Å². The van der Waals surface area contributed by atoms with Crippen LogP contribution in [0.1, 0.15) is 0 Å². The van der Waals surface area contributed by atoms with Crippen LogP contribution in [-0.2, 0) is 0 Å². The molecule has 0 spiro atoms. The Balaban J connectivity index is 1.11. The predicted molar refractivity (Wildman–Crippen MR) is 234 cm³/mol. The number of hydrogen-bond donors (Lipinski definition) is 0. The molecule has 0 saturated heterocycles. The molecular formula is C21H6N3P3S18. The fourth-order valence-corrected chi connectivity index (χ4v) is 41.3. The SMILES string of the molecule is C1=CSC(=C2Sc3sc(=P4=NP(=c5sc6c(s5)SC(=C5SC=CS5)S6)=NP(=c5sc6c(s5)SC(=C5SC=CS5)S6)=N4)sc3S2)S1. The molecule has 3 aromatic rings. The Kier molecular flexibility index (Phi) is 10.3. The third-order valence-electron chi connectivity index (χ3n) is 5.41. The first-order chi connectivity index (χ1) is 22.2. The normalized spacial score (nSPS) is 23.9. The monoisotopic (exact) mass is 968 g/mol. The Labute approximate surface area is 333 Å². The highest BCUT2D eigenvalue weighted by atomic mass is 32.3. The van der Waals surface area contributed by atoms with Crippen LogP contribution in [-0.4, -0.2) is 0 Å². The molecule has 3 nitrogen and oxygen atoms in total. The molecule has 45 heavy (non-hydrogen) atoms. The zero-order chi connectivity index (χ0) is 29.5. The van der Waals surface area contributed by atoms with Gasteiger partial charge in [-0.3, -0.25) is 0 Å². The van der Waals surface area contributed by atoms with Crippen molar-refractivity contribution in [2.75, 3.05) is 0 Å². The molecule has 0 atom stereocenters. The Morgan fingerprint density at radius 3 is 0.756 bits per heavy atom. The minimum absolute atomic E-state index is 0.954. The van der Waals surface area contributed by atoms with Crippen LogP contribution in [0.2, 0.25) is 0 Å². The summed E-state index contributed by atoms with van der Waals surface area (Å²) >= 11 is 34.3. The molecule has 0 aromatic carbocycles. The van der Waals surface area contributed by atoms with Crippen molar-refractivity contribution in [3.05, 3.63) is 68.6 Å². The number of nitrogens with zero attached hydrogens (tertiary/aromatic N) is 3. The Bertz CT molecular complexity index is 2060. The molecule has 7 aliphatic rings. The third kappa shape index (κ3) is 6.64. The van der Waals surface area contributed by atoms with E-state index in [0.29, 0.717) is 0 Å². The maximum atomic E-state index is 5.48. The minimum Gasteiger partial charge on any atom is -0.175 e. The van der Waals surface area contributed by atoms with Gasteiger partial charge in [0.2, 0.25) is 0 Å². The van der Waals surface area contributed by atoms with Crippen LogP contribution in [0.4, 0.5) is 0 Å². The van der Waals surface area contributed by atoms with E-state index in [-0.39, 0.29) is 0 Å². The van der Waals surface area contributed by atoms with E-state index in [1.807, 2.05) is 209 Å². The molecule has 7 aliphatic heterocycles. The second kappa shape index (κ2) is 14.1. The maximum Gasteiger partial charge on any atom is 0.141 e. The topological polar surface area (TPSA) is 37.1 Å². The van der Waals surface area contributed by atoms with E-state index in [0.717, 1.165) is 0 Å². The fourth-order valence-electron chi connectivity index (χ4n) is 3.65. The number of rotatable bonds is 0. The number of fused-ring (bicyclic) bond motifs is 3. The second-order valence-electron chi connectivity index (χ2n) is 8.13. The van der Waals surface area contributed by atoms with Gasteiger partial charge in [-0.25, -0.2) is 0 Å². The second-order valence-corrected chi connectivity index (χ2v) is 36.8. The van der Waals surface area contributed by atoms with Crippen molar-refractivity contribution >= 4 is 232 Å². The minimum atomic E-state index is -0.954. The van der Waals surface area contributed by atoms with Gasteiger partial charge in [-0.15, -0.1) is 68.0 Å². The summed E-state index contributed by atoms with van der Waals surface area (Å²) in [4.78, 5) is 0. The fraction of sp³-hybridized carbons (Fsp3) is 0. The van der Waals surface area contributed by atoms with Crippen molar-refractivity contribution in [3.8, 4) is 0 Å². The van der Waals surface area contributed by atoms with Crippen LogP contribution in [0.3, 0.4) is 0 Å². The van der Waals surface area contributed by atoms with Crippen LogP contribution >= 0.6 is 232 Å². The van der Waals surface area contributed by atoms with E-state index in [1.54, 1.807) is 0 Å². The summed E-state index contributed by atoms with van der Waals surface area (Å²) in [7, 11) is -2.86. The van der Waals surface area contributed by atoms with E-state index in [9.17, 15) is 0 Å². The van der Waals surface area contributed by atoms with Gasteiger partial charge in [0.05, 0.1) is 50.7 Å². The summed E-state index contributed by atoms with van der Waals surface area (Å²) in [5.74, 6) is 0. The average Bonchev–Trinajstić information content (AvgIpc) is 3.85. The Morgan fingerprint density at radius 2 is 0.533 bits per heavy atom. The van der Waals surface area contributed by atoms with Gasteiger partial charge in [0.15, 0.2) is 0 Å². The smallest absolute Gasteiger partial charge is 0.141 e. The highest BCUT2D eigenvalue weighted by Gasteiger charge is 2.28. The van der Waals surface area contributed by atoms with Crippen LogP contribution in [0.5, 0.6) is 0 Å². The van der Waals surface area contributed by atoms with E-state index in [2.05, 4.69) is 32.4 Å². The van der Waals surface area contributed by atoms with Crippen LogP contribution in [0.25, 0.3) is 0 Å². The van der Waals surface area contributed by atoms with Crippen molar-refractivity contribution in [1.29, 1.82) is 0 Å². The predicted octanol–water partition coefficient (Wildman–Crippen LogP) is 18.6. The molecule has 0 bridgehead atoms. The first kappa shape index (κ1) is 32.7. The molecule has 24 heteroatoms. The van der Waals surface area contributed by atoms with Crippen LogP contribution in [0.15, 0.2) is 96.7 Å². The maximum absolute atomic E-state index is 5.48. The zero-order valence-electron chi connectivity index (χ0n) is 21.0. The molecule has 10 heterocycles. The lowest BCUT2D eigenvalue weighted by molar-refractivity contribution is 1.56. The van der Waals surface area contributed by atoms with Gasteiger partial charge < -0.3 is 0 Å². The van der Waals surface area contributed by atoms with Crippen molar-refractivity contribution < 1.29 is 0 Å². The van der Waals surface area contributed by atoms with Crippen LogP contribution < -0.4 is 0 Å². The summed E-state index contributed by atoms with van der Waals surface area (Å²) in [6.07, 6.45) is 0. The van der Waals surface area contributed by atoms with Gasteiger partial charge in [-0.2, -0.15) is 13.5 Å². The Morgan fingerprint density at radius 1 is 0.311 bits per heavy atom. The molecule has 0 saturated carbocycles. The van der Waals surface area contributed by atoms with Crippen molar-refractivity contribution in [2.24, 2.45) is 13.5 Å². The zero-order valence-corrected chi connectivity index (χ0v) is 38.4. The summed E-state index contributed by atoms with van der Waals surface area (Å²) < 4.78 is 37.6. The molecule has 3 aromatic heterocycles. The van der Waals surface area contributed by atoms with Gasteiger partial charge in [0.1, 0.15) is 33.2 Å². The number of thioether (sulfide) groups is 12. The first-order valence-corrected chi connectivity index (χ1v) is 30.7. The first-order valence-electron chi connectivity index (χ1n) is 11.9. The quantitative estimate of drug-likeness (QED) is 0.201. The molecule has 0 N–H and O–H groups in total. The van der Waals surface area contributed by atoms with E-state index in [1.165, 1.54) is 61.4 Å². The van der Waals surface area contributed by atoms with E-state index >= 15 is 0 Å². The summed E-state index contributed by atoms with van der Waals surface area (Å²) in [6, 6.07) is 0. The Hall–Kier alpha value is 3.09. The highest BCUT2D eigenvalue weighted by Crippen LogP contribution is 2.65. The van der Waals surface area contributed by atoms with Gasteiger partial charge in [0, 0.05) is 0 Å². The molecular weight excluding hydrogens is 964 g/mol. The highest BCUT2D eigenvalue weighted by molar-refractivity contribution is 8.34. The lowest BCUT2D eigenvalue weighted by Crippen LogP contribution is -1.64. The van der Waals surface area contributed by atoms with Crippen molar-refractivity contribution in [1.82, 2.24) is 0 Å². The van der Waals surface area contributed by atoms with Crippen molar-refractivity contribution in [3.63, 3.8) is 0 Å². The largest absolute Gasteiger partial charge is 0.175 e. The van der Waals surface area contributed by atoms with Crippen LogP contribution in [0, 0.1) is 10.7 Å². The summed E-state index contributed by atoms with van der Waals surface area (Å²) in [5.41, 5.74) is 0. The standard InChI is InChI=1S/C21H6N3P3S18/c1-2-29-7(28-1)10-34-13-14(35-10)41-19(40-13)25-22-26(20-42-15-16(43-20)37-11(36-15)8-30-3-4-31-8)24-27(23-25)21-44-17-18(45-21)39-12(38-17)9-32-5-6-33-9/h1-6H. The van der Waals surface area contributed by atoms with Gasteiger partial charge in [0.25, 0.3) is 0 Å². The van der Waals surface area contributed by atoms with E-state index < -0.39 is 22.5 Å². The molecule has 10 rings (SSSR count). The summed E-state index contributed by atoms with van der Waals surface area (Å²) in [6.45, 7) is 0. The summed E-state index contributed by atoms with van der Waals surface area (Å²) in [5, 5.41) is 13.1. The molecule has 0 aliphatic carbocycles. The lowest BCUT2D eigenvalue weighted by atomic mass is 11.1. The van der Waals surface area contributed by atoms with Gasteiger partial charge >= 0.3 is 0 Å². The average molecular weight is 970 g/mol. The molecule has 0 amide bonds. The molecule has 0 radical (unpaired) electrons. The number of hydrogen-bond acceptors (Lipinski definition) is 21. The molecule has 0 fully saturated rings. The van der Waals surface area contributed by atoms with Gasteiger partial charge in [-0.05, 0) is 32.4 Å². The molecule has 0 unspecified atom stereocenters. The third-order valence-corrected chi connectivity index (χ3v) is 38.6. The van der Waals surface area contributed by atoms with E-state index in [4.69, 9.17) is 13.5 Å². The molecule has 228 valence electrons.